The maximum atomic E-state index is 2.43. The van der Waals surface area contributed by atoms with Gasteiger partial charge in [0.15, 0.2) is 0 Å². The summed E-state index contributed by atoms with van der Waals surface area (Å²) in [5, 5.41) is 0. The molecule has 1 heteroatoms. The van der Waals surface area contributed by atoms with E-state index in [0.717, 1.165) is 13.0 Å². The molecule has 130 valence electrons. The molecular formula is C24H29N. The molecule has 0 radical (unpaired) electrons. The topological polar surface area (TPSA) is 3.24 Å². The average Bonchev–Trinajstić information content (AvgIpc) is 2.72. The first-order valence-corrected chi connectivity index (χ1v) is 9.39. The Balaban J connectivity index is 0.000000528. The predicted molar refractivity (Wildman–Crippen MR) is 111 cm³/mol. The number of para-hydroxylation sites is 2. The van der Waals surface area contributed by atoms with E-state index in [4.69, 9.17) is 0 Å². The minimum absolute atomic E-state index is 0.912. The Labute approximate surface area is 153 Å². The minimum atomic E-state index is 0.912. The first-order valence-electron chi connectivity index (χ1n) is 9.39. The SMILES string of the molecule is CC.CC.c1ccc(CN2c3ccccc3Cc3ccccc32)cc1. The van der Waals surface area contributed by atoms with Gasteiger partial charge in [-0.3, -0.25) is 0 Å². The molecule has 0 saturated carbocycles. The summed E-state index contributed by atoms with van der Waals surface area (Å²) in [5.74, 6) is 0. The maximum absolute atomic E-state index is 2.43. The van der Waals surface area contributed by atoms with Crippen molar-refractivity contribution in [3.8, 4) is 0 Å². The summed E-state index contributed by atoms with van der Waals surface area (Å²) in [4.78, 5) is 2.43. The highest BCUT2D eigenvalue weighted by molar-refractivity contribution is 5.74. The number of hydrogen-bond donors (Lipinski definition) is 0. The van der Waals surface area contributed by atoms with Crippen molar-refractivity contribution in [1.82, 2.24) is 0 Å². The van der Waals surface area contributed by atoms with Crippen molar-refractivity contribution >= 4 is 11.4 Å². The second-order valence-corrected chi connectivity index (χ2v) is 5.51. The van der Waals surface area contributed by atoms with E-state index in [1.807, 2.05) is 27.7 Å². The van der Waals surface area contributed by atoms with Crippen molar-refractivity contribution in [1.29, 1.82) is 0 Å². The molecule has 0 amide bonds. The molecular weight excluding hydrogens is 302 g/mol. The van der Waals surface area contributed by atoms with E-state index in [1.54, 1.807) is 0 Å². The number of anilines is 2. The van der Waals surface area contributed by atoms with E-state index in [9.17, 15) is 0 Å². The van der Waals surface area contributed by atoms with Crippen molar-refractivity contribution in [3.63, 3.8) is 0 Å². The quantitative estimate of drug-likeness (QED) is 0.489. The van der Waals surface area contributed by atoms with Gasteiger partial charge >= 0.3 is 0 Å². The summed E-state index contributed by atoms with van der Waals surface area (Å²) in [7, 11) is 0. The largest absolute Gasteiger partial charge is 0.337 e. The highest BCUT2D eigenvalue weighted by Gasteiger charge is 2.21. The second kappa shape index (κ2) is 9.68. The summed E-state index contributed by atoms with van der Waals surface area (Å²) in [6.07, 6.45) is 1.03. The summed E-state index contributed by atoms with van der Waals surface area (Å²) in [5.41, 5.74) is 6.82. The molecule has 0 aliphatic carbocycles. The van der Waals surface area contributed by atoms with Gasteiger partial charge in [-0.2, -0.15) is 0 Å². The van der Waals surface area contributed by atoms with Crippen LogP contribution in [0.4, 0.5) is 11.4 Å². The van der Waals surface area contributed by atoms with Crippen LogP contribution < -0.4 is 4.90 Å². The van der Waals surface area contributed by atoms with E-state index in [1.165, 1.54) is 28.1 Å². The van der Waals surface area contributed by atoms with Crippen molar-refractivity contribution in [2.75, 3.05) is 4.90 Å². The van der Waals surface area contributed by atoms with Crippen LogP contribution in [-0.4, -0.2) is 0 Å². The van der Waals surface area contributed by atoms with Crippen LogP contribution in [0.1, 0.15) is 44.4 Å². The van der Waals surface area contributed by atoms with Gasteiger partial charge in [-0.15, -0.1) is 0 Å². The monoisotopic (exact) mass is 331 g/mol. The van der Waals surface area contributed by atoms with Crippen LogP contribution in [0.25, 0.3) is 0 Å². The van der Waals surface area contributed by atoms with Crippen molar-refractivity contribution in [2.24, 2.45) is 0 Å². The Morgan fingerprint density at radius 3 is 1.56 bits per heavy atom. The van der Waals surface area contributed by atoms with Gasteiger partial charge < -0.3 is 4.90 Å². The number of fused-ring (bicyclic) bond motifs is 2. The van der Waals surface area contributed by atoms with Crippen LogP contribution in [-0.2, 0) is 13.0 Å². The molecule has 0 spiro atoms. The van der Waals surface area contributed by atoms with E-state index >= 15 is 0 Å². The zero-order chi connectivity index (χ0) is 18.1. The molecule has 25 heavy (non-hydrogen) atoms. The van der Waals surface area contributed by atoms with Crippen molar-refractivity contribution in [3.05, 3.63) is 95.6 Å². The lowest BCUT2D eigenvalue weighted by atomic mass is 9.95. The Bertz CT molecular complexity index is 716. The van der Waals surface area contributed by atoms with Gasteiger partial charge in [0.1, 0.15) is 0 Å². The van der Waals surface area contributed by atoms with Gasteiger partial charge in [0.2, 0.25) is 0 Å². The lowest BCUT2D eigenvalue weighted by molar-refractivity contribution is 0.926. The van der Waals surface area contributed by atoms with Gasteiger partial charge in [-0.05, 0) is 28.8 Å². The first kappa shape index (κ1) is 18.8. The van der Waals surface area contributed by atoms with Crippen LogP contribution in [0.5, 0.6) is 0 Å². The Morgan fingerprint density at radius 1 is 0.600 bits per heavy atom. The Hall–Kier alpha value is -2.54. The van der Waals surface area contributed by atoms with Crippen LogP contribution in [0.15, 0.2) is 78.9 Å². The standard InChI is InChI=1S/C20H17N.2C2H6/c1-2-8-16(9-3-1)15-21-19-12-6-4-10-17(19)14-18-11-5-7-13-20(18)21;2*1-2/h1-13H,14-15H2;2*1-2H3. The van der Waals surface area contributed by atoms with Crippen LogP contribution in [0.2, 0.25) is 0 Å². The molecule has 1 aliphatic heterocycles. The van der Waals surface area contributed by atoms with E-state index in [0.29, 0.717) is 0 Å². The summed E-state index contributed by atoms with van der Waals surface area (Å²) in [6.45, 7) is 8.91. The molecule has 1 nitrogen and oxygen atoms in total. The molecule has 0 N–H and O–H groups in total. The lowest BCUT2D eigenvalue weighted by Gasteiger charge is -2.33. The number of rotatable bonds is 2. The third-order valence-electron chi connectivity index (χ3n) is 4.13. The normalized spacial score (nSPS) is 11.1. The third-order valence-corrected chi connectivity index (χ3v) is 4.13. The minimum Gasteiger partial charge on any atom is -0.337 e. The van der Waals surface area contributed by atoms with Gasteiger partial charge in [0.25, 0.3) is 0 Å². The number of benzene rings is 3. The van der Waals surface area contributed by atoms with Crippen LogP contribution >= 0.6 is 0 Å². The molecule has 0 unspecified atom stereocenters. The van der Waals surface area contributed by atoms with Crippen LogP contribution in [0, 0.1) is 0 Å². The van der Waals surface area contributed by atoms with Gasteiger partial charge in [0.05, 0.1) is 0 Å². The van der Waals surface area contributed by atoms with Crippen LogP contribution in [0.3, 0.4) is 0 Å². The summed E-state index contributed by atoms with van der Waals surface area (Å²) < 4.78 is 0. The molecule has 3 aromatic rings. The molecule has 4 rings (SSSR count). The zero-order valence-electron chi connectivity index (χ0n) is 15.9. The highest BCUT2D eigenvalue weighted by Crippen LogP contribution is 2.39. The van der Waals surface area contributed by atoms with Gasteiger partial charge in [-0.1, -0.05) is 94.4 Å². The van der Waals surface area contributed by atoms with E-state index in [-0.39, 0.29) is 0 Å². The molecule has 1 heterocycles. The molecule has 0 fully saturated rings. The van der Waals surface area contributed by atoms with Gasteiger partial charge in [0, 0.05) is 24.3 Å². The average molecular weight is 332 g/mol. The van der Waals surface area contributed by atoms with Crippen molar-refractivity contribution < 1.29 is 0 Å². The second-order valence-electron chi connectivity index (χ2n) is 5.51. The first-order chi connectivity index (χ1) is 12.4. The molecule has 3 aromatic carbocycles. The number of nitrogens with zero attached hydrogens (tertiary/aromatic N) is 1. The fraction of sp³-hybridized carbons (Fsp3) is 0.250. The zero-order valence-corrected chi connectivity index (χ0v) is 15.9. The molecule has 1 aliphatic rings. The third kappa shape index (κ3) is 4.30. The number of hydrogen-bond acceptors (Lipinski definition) is 1. The van der Waals surface area contributed by atoms with Gasteiger partial charge in [-0.25, -0.2) is 0 Å². The highest BCUT2D eigenvalue weighted by atomic mass is 15.1. The Morgan fingerprint density at radius 2 is 1.04 bits per heavy atom. The smallest absolute Gasteiger partial charge is 0.0481 e. The van der Waals surface area contributed by atoms with E-state index in [2.05, 4.69) is 83.8 Å². The molecule has 0 saturated heterocycles. The predicted octanol–water partition coefficient (Wildman–Crippen LogP) is 6.98. The van der Waals surface area contributed by atoms with Crippen molar-refractivity contribution in [2.45, 2.75) is 40.7 Å². The summed E-state index contributed by atoms with van der Waals surface area (Å²) >= 11 is 0. The summed E-state index contributed by atoms with van der Waals surface area (Å²) in [6, 6.07) is 28.1. The fourth-order valence-corrected chi connectivity index (χ4v) is 3.12. The fourth-order valence-electron chi connectivity index (χ4n) is 3.12. The van der Waals surface area contributed by atoms with E-state index < -0.39 is 0 Å². The molecule has 0 aromatic heterocycles. The lowest BCUT2D eigenvalue weighted by Crippen LogP contribution is -2.22. The molecule has 0 atom stereocenters. The maximum Gasteiger partial charge on any atom is 0.0481 e. The Kier molecular flexibility index (Phi) is 7.28. The molecule has 0 bridgehead atoms.